The number of halogens is 3. The van der Waals surface area contributed by atoms with Crippen LogP contribution in [0.25, 0.3) is 0 Å². The summed E-state index contributed by atoms with van der Waals surface area (Å²) in [6, 6.07) is 11.4. The van der Waals surface area contributed by atoms with Gasteiger partial charge in [0.15, 0.2) is 0 Å². The zero-order chi connectivity index (χ0) is 14.5. The molecule has 0 bridgehead atoms. The molecule has 0 unspecified atom stereocenters. The average molecular weight is 328 g/mol. The maximum atomic E-state index is 6.05. The van der Waals surface area contributed by atoms with E-state index < -0.39 is 0 Å². The lowest BCUT2D eigenvalue weighted by atomic mass is 10.1. The van der Waals surface area contributed by atoms with E-state index in [1.807, 2.05) is 12.1 Å². The van der Waals surface area contributed by atoms with Crippen LogP contribution in [0.3, 0.4) is 0 Å². The van der Waals surface area contributed by atoms with E-state index in [9.17, 15) is 0 Å². The maximum Gasteiger partial charge on any atom is 0.0935 e. The third kappa shape index (κ3) is 3.89. The Kier molecular flexibility index (Phi) is 5.30. The smallest absolute Gasteiger partial charge is 0.0935 e. The molecule has 0 aliphatic heterocycles. The van der Waals surface area contributed by atoms with Crippen molar-refractivity contribution in [1.29, 1.82) is 0 Å². The Morgan fingerprint density at radius 3 is 2.20 bits per heavy atom. The van der Waals surface area contributed by atoms with Crippen LogP contribution in [-0.4, -0.2) is 6.21 Å². The zero-order valence-corrected chi connectivity index (χ0v) is 13.1. The Hall–Kier alpha value is -1.22. The van der Waals surface area contributed by atoms with E-state index in [-0.39, 0.29) is 0 Å². The molecule has 2 nitrogen and oxygen atoms in total. The predicted molar refractivity (Wildman–Crippen MR) is 88.5 cm³/mol. The molecule has 0 aromatic heterocycles. The van der Waals surface area contributed by atoms with Crippen molar-refractivity contribution in [3.05, 3.63) is 62.6 Å². The topological polar surface area (TPSA) is 24.4 Å². The minimum Gasteiger partial charge on any atom is -0.275 e. The van der Waals surface area contributed by atoms with E-state index >= 15 is 0 Å². The summed E-state index contributed by atoms with van der Waals surface area (Å²) in [6.07, 6.45) is 2.73. The first-order chi connectivity index (χ1) is 9.60. The van der Waals surface area contributed by atoms with Gasteiger partial charge in [-0.2, -0.15) is 5.10 Å². The number of hydrogen-bond donors (Lipinski definition) is 1. The molecular weight excluding hydrogens is 315 g/mol. The van der Waals surface area contributed by atoms with Crippen LogP contribution < -0.4 is 5.43 Å². The molecule has 2 aromatic rings. The van der Waals surface area contributed by atoms with Crippen LogP contribution in [0.4, 0.5) is 5.69 Å². The molecule has 1 N–H and O–H groups in total. The quantitative estimate of drug-likeness (QED) is 0.569. The van der Waals surface area contributed by atoms with Gasteiger partial charge in [0, 0.05) is 5.02 Å². The first kappa shape index (κ1) is 15.2. The van der Waals surface area contributed by atoms with Gasteiger partial charge < -0.3 is 0 Å². The van der Waals surface area contributed by atoms with Gasteiger partial charge in [0.1, 0.15) is 0 Å². The average Bonchev–Trinajstić information content (AvgIpc) is 2.42. The van der Waals surface area contributed by atoms with Gasteiger partial charge in [-0.1, -0.05) is 66.0 Å². The lowest BCUT2D eigenvalue weighted by Gasteiger charge is -2.06. The molecule has 0 saturated carbocycles. The SMILES string of the molecule is CCc1ccc(/C=N/Nc2c(Cl)cc(Cl)cc2Cl)cc1. The second kappa shape index (κ2) is 6.98. The van der Waals surface area contributed by atoms with Crippen molar-refractivity contribution < 1.29 is 0 Å². The molecule has 5 heteroatoms. The lowest BCUT2D eigenvalue weighted by Crippen LogP contribution is -1.93. The third-order valence-electron chi connectivity index (χ3n) is 2.78. The third-order valence-corrected chi connectivity index (χ3v) is 3.60. The first-order valence-electron chi connectivity index (χ1n) is 6.12. The van der Waals surface area contributed by atoms with E-state index in [1.165, 1.54) is 5.56 Å². The van der Waals surface area contributed by atoms with Crippen LogP contribution in [-0.2, 0) is 6.42 Å². The highest BCUT2D eigenvalue weighted by Gasteiger charge is 2.06. The molecule has 0 aliphatic carbocycles. The Balaban J connectivity index is 2.09. The number of hydrazone groups is 1. The molecule has 0 atom stereocenters. The van der Waals surface area contributed by atoms with Gasteiger partial charge in [-0.15, -0.1) is 0 Å². The fourth-order valence-corrected chi connectivity index (χ4v) is 2.56. The first-order valence-corrected chi connectivity index (χ1v) is 7.26. The number of hydrogen-bond acceptors (Lipinski definition) is 2. The highest BCUT2D eigenvalue weighted by molar-refractivity contribution is 6.41. The van der Waals surface area contributed by atoms with E-state index in [4.69, 9.17) is 34.8 Å². The van der Waals surface area contributed by atoms with E-state index in [1.54, 1.807) is 18.3 Å². The van der Waals surface area contributed by atoms with Gasteiger partial charge >= 0.3 is 0 Å². The summed E-state index contributed by atoms with van der Waals surface area (Å²) in [7, 11) is 0. The van der Waals surface area contributed by atoms with Gasteiger partial charge in [0.25, 0.3) is 0 Å². The molecule has 0 spiro atoms. The van der Waals surface area contributed by atoms with Crippen molar-refractivity contribution in [1.82, 2.24) is 0 Å². The van der Waals surface area contributed by atoms with Crippen LogP contribution in [0.5, 0.6) is 0 Å². The van der Waals surface area contributed by atoms with Crippen LogP contribution in [0.2, 0.25) is 15.1 Å². The highest BCUT2D eigenvalue weighted by atomic mass is 35.5. The summed E-state index contributed by atoms with van der Waals surface area (Å²) >= 11 is 17.9. The molecular formula is C15H13Cl3N2. The summed E-state index contributed by atoms with van der Waals surface area (Å²) in [5.41, 5.74) is 5.66. The largest absolute Gasteiger partial charge is 0.275 e. The van der Waals surface area contributed by atoms with Gasteiger partial charge in [-0.3, -0.25) is 5.43 Å². The zero-order valence-electron chi connectivity index (χ0n) is 10.8. The number of nitrogens with one attached hydrogen (secondary N) is 1. The van der Waals surface area contributed by atoms with Gasteiger partial charge in [-0.25, -0.2) is 0 Å². The van der Waals surface area contributed by atoms with Crippen LogP contribution in [0, 0.1) is 0 Å². The monoisotopic (exact) mass is 326 g/mol. The fraction of sp³-hybridized carbons (Fsp3) is 0.133. The standard InChI is InChI=1S/C15H13Cl3N2/c1-2-10-3-5-11(6-4-10)9-19-20-15-13(17)7-12(16)8-14(15)18/h3-9,20H,2H2,1H3/b19-9+. The van der Waals surface area contributed by atoms with Crippen LogP contribution >= 0.6 is 34.8 Å². The predicted octanol–water partition coefficient (Wildman–Crippen LogP) is 5.66. The second-order valence-corrected chi connectivity index (χ2v) is 5.46. The summed E-state index contributed by atoms with van der Waals surface area (Å²) in [5.74, 6) is 0. The maximum absolute atomic E-state index is 6.05. The Morgan fingerprint density at radius 1 is 1.05 bits per heavy atom. The minimum atomic E-state index is 0.431. The minimum absolute atomic E-state index is 0.431. The number of benzene rings is 2. The second-order valence-electron chi connectivity index (χ2n) is 4.21. The van der Waals surface area contributed by atoms with E-state index in [0.717, 1.165) is 12.0 Å². The van der Waals surface area contributed by atoms with Crippen molar-refractivity contribution in [3.8, 4) is 0 Å². The normalized spacial score (nSPS) is 11.0. The van der Waals surface area contributed by atoms with Crippen molar-refractivity contribution >= 4 is 46.7 Å². The highest BCUT2D eigenvalue weighted by Crippen LogP contribution is 2.33. The molecule has 0 amide bonds. The molecule has 2 rings (SSSR count). The summed E-state index contributed by atoms with van der Waals surface area (Å²) < 4.78 is 0. The molecule has 0 fully saturated rings. The number of nitrogens with zero attached hydrogens (tertiary/aromatic N) is 1. The van der Waals surface area contributed by atoms with E-state index in [2.05, 4.69) is 29.6 Å². The van der Waals surface area contributed by atoms with Crippen molar-refractivity contribution in [3.63, 3.8) is 0 Å². The van der Waals surface area contributed by atoms with Crippen molar-refractivity contribution in [2.45, 2.75) is 13.3 Å². The molecule has 2 aromatic carbocycles. The number of rotatable bonds is 4. The van der Waals surface area contributed by atoms with Gasteiger partial charge in [0.05, 0.1) is 21.9 Å². The summed E-state index contributed by atoms with van der Waals surface area (Å²) in [5, 5.41) is 5.49. The lowest BCUT2D eigenvalue weighted by molar-refractivity contribution is 1.14. The fourth-order valence-electron chi connectivity index (χ4n) is 1.66. The van der Waals surface area contributed by atoms with E-state index in [0.29, 0.717) is 20.8 Å². The van der Waals surface area contributed by atoms with Gasteiger partial charge in [0.2, 0.25) is 0 Å². The Labute approximate surface area is 133 Å². The molecule has 20 heavy (non-hydrogen) atoms. The molecule has 0 aliphatic rings. The summed E-state index contributed by atoms with van der Waals surface area (Å²) in [6.45, 7) is 2.12. The van der Waals surface area contributed by atoms with Gasteiger partial charge in [-0.05, 0) is 29.7 Å². The van der Waals surface area contributed by atoms with Crippen LogP contribution in [0.15, 0.2) is 41.5 Å². The number of aryl methyl sites for hydroxylation is 1. The van der Waals surface area contributed by atoms with Crippen molar-refractivity contribution in [2.75, 3.05) is 5.43 Å². The number of anilines is 1. The molecule has 0 radical (unpaired) electrons. The molecule has 104 valence electrons. The molecule has 0 saturated heterocycles. The van der Waals surface area contributed by atoms with Crippen LogP contribution in [0.1, 0.15) is 18.1 Å². The van der Waals surface area contributed by atoms with Crippen molar-refractivity contribution in [2.24, 2.45) is 5.10 Å². The Bertz CT molecular complexity index is 599. The molecule has 0 heterocycles. The Morgan fingerprint density at radius 2 is 1.65 bits per heavy atom. The summed E-state index contributed by atoms with van der Waals surface area (Å²) in [4.78, 5) is 0.